The summed E-state index contributed by atoms with van der Waals surface area (Å²) in [7, 11) is 0. The summed E-state index contributed by atoms with van der Waals surface area (Å²) < 4.78 is 2.70. The molecule has 3 rings (SSSR count). The lowest BCUT2D eigenvalue weighted by molar-refractivity contribution is -0.138. The number of rotatable bonds is 5. The summed E-state index contributed by atoms with van der Waals surface area (Å²) in [4.78, 5) is 11.1. The Morgan fingerprint density at radius 2 is 2.29 bits per heavy atom. The normalized spacial score (nSPS) is 15.9. The summed E-state index contributed by atoms with van der Waals surface area (Å²) in [6.45, 7) is 2.00. The highest BCUT2D eigenvalue weighted by atomic mass is 79.9. The molecule has 21 heavy (non-hydrogen) atoms. The second-order valence-electron chi connectivity index (χ2n) is 5.41. The molecule has 1 fully saturated rings. The van der Waals surface area contributed by atoms with E-state index in [0.717, 1.165) is 28.4 Å². The van der Waals surface area contributed by atoms with Gasteiger partial charge in [-0.2, -0.15) is 0 Å². The highest BCUT2D eigenvalue weighted by Gasteiger charge is 2.36. The van der Waals surface area contributed by atoms with Crippen LogP contribution in [0.3, 0.4) is 0 Å². The van der Waals surface area contributed by atoms with Crippen molar-refractivity contribution in [2.75, 3.05) is 0 Å². The largest absolute Gasteiger partial charge is 0.481 e. The minimum Gasteiger partial charge on any atom is -0.481 e. The highest BCUT2D eigenvalue weighted by Crippen LogP contribution is 2.42. The van der Waals surface area contributed by atoms with E-state index in [1.807, 2.05) is 25.1 Å². The van der Waals surface area contributed by atoms with Crippen LogP contribution in [0, 0.1) is 12.8 Å². The van der Waals surface area contributed by atoms with Gasteiger partial charge in [0, 0.05) is 10.0 Å². The Labute approximate surface area is 130 Å². The van der Waals surface area contributed by atoms with Gasteiger partial charge in [0.25, 0.3) is 0 Å². The Morgan fingerprint density at radius 1 is 1.52 bits per heavy atom. The first kappa shape index (κ1) is 14.2. The fraction of sp³-hybridized carbons (Fsp3) is 0.429. The van der Waals surface area contributed by atoms with E-state index in [4.69, 9.17) is 5.11 Å². The van der Waals surface area contributed by atoms with Crippen molar-refractivity contribution in [2.24, 2.45) is 5.92 Å². The second kappa shape index (κ2) is 5.55. The van der Waals surface area contributed by atoms with Crippen molar-refractivity contribution >= 4 is 21.9 Å². The third-order valence-electron chi connectivity index (χ3n) is 3.77. The van der Waals surface area contributed by atoms with Crippen LogP contribution in [-0.4, -0.2) is 31.3 Å². The van der Waals surface area contributed by atoms with Gasteiger partial charge >= 0.3 is 5.97 Å². The van der Waals surface area contributed by atoms with Crippen LogP contribution in [0.15, 0.2) is 22.7 Å². The van der Waals surface area contributed by atoms with Gasteiger partial charge in [0.2, 0.25) is 0 Å². The Morgan fingerprint density at radius 3 is 2.90 bits per heavy atom. The zero-order chi connectivity index (χ0) is 15.0. The first-order chi connectivity index (χ1) is 10.1. The van der Waals surface area contributed by atoms with Crippen LogP contribution in [0.4, 0.5) is 0 Å². The molecule has 1 aliphatic carbocycles. The van der Waals surface area contributed by atoms with Gasteiger partial charge < -0.3 is 5.11 Å². The van der Waals surface area contributed by atoms with Crippen molar-refractivity contribution in [2.45, 2.75) is 32.2 Å². The van der Waals surface area contributed by atoms with Gasteiger partial charge in [0.05, 0.1) is 12.5 Å². The zero-order valence-corrected chi connectivity index (χ0v) is 13.1. The van der Waals surface area contributed by atoms with E-state index >= 15 is 0 Å². The van der Waals surface area contributed by atoms with Gasteiger partial charge in [-0.05, 0) is 59.9 Å². The van der Waals surface area contributed by atoms with E-state index < -0.39 is 5.97 Å². The maximum absolute atomic E-state index is 11.1. The monoisotopic (exact) mass is 350 g/mol. The zero-order valence-electron chi connectivity index (χ0n) is 11.5. The molecule has 0 radical (unpaired) electrons. The van der Waals surface area contributed by atoms with Gasteiger partial charge in [-0.3, -0.25) is 4.79 Å². The molecule has 0 amide bonds. The van der Waals surface area contributed by atoms with Crippen LogP contribution in [0.5, 0.6) is 0 Å². The molecule has 2 aromatic rings. The average molecular weight is 351 g/mol. The molecule has 110 valence electrons. The lowest BCUT2D eigenvalue weighted by atomic mass is 10.1. The number of hydrogen-bond acceptors (Lipinski definition) is 4. The minimum atomic E-state index is -0.819. The van der Waals surface area contributed by atoms with Crippen LogP contribution in [-0.2, 0) is 4.79 Å². The molecule has 0 bridgehead atoms. The van der Waals surface area contributed by atoms with E-state index in [1.54, 1.807) is 4.68 Å². The predicted molar refractivity (Wildman–Crippen MR) is 79.7 cm³/mol. The Bertz CT molecular complexity index is 681. The van der Waals surface area contributed by atoms with Crippen LogP contribution in [0.2, 0.25) is 0 Å². The maximum atomic E-state index is 11.1. The van der Waals surface area contributed by atoms with Crippen molar-refractivity contribution in [3.63, 3.8) is 0 Å². The van der Waals surface area contributed by atoms with Gasteiger partial charge in [-0.15, -0.1) is 5.10 Å². The van der Waals surface area contributed by atoms with Gasteiger partial charge in [0.1, 0.15) is 0 Å². The first-order valence-corrected chi connectivity index (χ1v) is 7.61. The maximum Gasteiger partial charge on any atom is 0.305 e. The molecule has 6 nitrogen and oxygen atoms in total. The molecule has 1 heterocycles. The van der Waals surface area contributed by atoms with Crippen molar-refractivity contribution < 1.29 is 9.90 Å². The number of halogens is 1. The van der Waals surface area contributed by atoms with Crippen LogP contribution in [0.25, 0.3) is 11.4 Å². The Hall–Kier alpha value is -1.76. The number of aryl methyl sites for hydroxylation is 1. The van der Waals surface area contributed by atoms with Gasteiger partial charge in [-0.1, -0.05) is 15.9 Å². The van der Waals surface area contributed by atoms with E-state index in [2.05, 4.69) is 31.5 Å². The van der Waals surface area contributed by atoms with Gasteiger partial charge in [0.15, 0.2) is 5.82 Å². The first-order valence-electron chi connectivity index (χ1n) is 6.82. The fourth-order valence-corrected chi connectivity index (χ4v) is 2.75. The lowest BCUT2D eigenvalue weighted by Gasteiger charge is -2.16. The molecule has 1 unspecified atom stereocenters. The fourth-order valence-electron chi connectivity index (χ4n) is 2.50. The summed E-state index contributed by atoms with van der Waals surface area (Å²) in [6, 6.07) is 5.71. The quantitative estimate of drug-likeness (QED) is 0.896. The van der Waals surface area contributed by atoms with E-state index in [9.17, 15) is 4.79 Å². The molecule has 1 N–H and O–H groups in total. The topological polar surface area (TPSA) is 80.9 Å². The molecular weight excluding hydrogens is 336 g/mol. The number of carbonyl (C=O) groups is 1. The Balaban J connectivity index is 1.98. The Kier molecular flexibility index (Phi) is 3.75. The van der Waals surface area contributed by atoms with E-state index in [-0.39, 0.29) is 12.5 Å². The number of tetrazole rings is 1. The smallest absolute Gasteiger partial charge is 0.305 e. The minimum absolute atomic E-state index is 0.0538. The molecule has 0 spiro atoms. The number of carboxylic acids is 1. The SMILES string of the molecule is Cc1cc(-c2nnnn2C(CC(=O)O)C2CC2)ccc1Br. The summed E-state index contributed by atoms with van der Waals surface area (Å²) in [5.74, 6) is 0.170. The molecule has 1 aromatic carbocycles. The molecule has 1 saturated carbocycles. The standard InChI is InChI=1S/C14H15BrN4O2/c1-8-6-10(4-5-11(8)15)14-16-17-18-19(14)12(7-13(20)21)9-2-3-9/h4-6,9,12H,2-3,7H2,1H3,(H,20,21). The molecule has 1 aromatic heterocycles. The van der Waals surface area contributed by atoms with E-state index in [0.29, 0.717) is 11.7 Å². The van der Waals surface area contributed by atoms with E-state index in [1.165, 1.54) is 0 Å². The second-order valence-corrected chi connectivity index (χ2v) is 6.27. The number of benzene rings is 1. The van der Waals surface area contributed by atoms with Crippen LogP contribution in [0.1, 0.15) is 30.9 Å². The third-order valence-corrected chi connectivity index (χ3v) is 4.66. The van der Waals surface area contributed by atoms with Crippen molar-refractivity contribution in [3.05, 3.63) is 28.2 Å². The lowest BCUT2D eigenvalue weighted by Crippen LogP contribution is -2.18. The molecule has 7 heteroatoms. The van der Waals surface area contributed by atoms with Crippen molar-refractivity contribution in [3.8, 4) is 11.4 Å². The number of aliphatic carboxylic acids is 1. The molecule has 1 atom stereocenters. The summed E-state index contributed by atoms with van der Waals surface area (Å²) >= 11 is 3.47. The van der Waals surface area contributed by atoms with Crippen LogP contribution >= 0.6 is 15.9 Å². The summed E-state index contributed by atoms with van der Waals surface area (Å²) in [5.41, 5.74) is 1.99. The number of hydrogen-bond donors (Lipinski definition) is 1. The van der Waals surface area contributed by atoms with Crippen molar-refractivity contribution in [1.29, 1.82) is 0 Å². The highest BCUT2D eigenvalue weighted by molar-refractivity contribution is 9.10. The van der Waals surface area contributed by atoms with Crippen molar-refractivity contribution in [1.82, 2.24) is 20.2 Å². The molecular formula is C14H15BrN4O2. The summed E-state index contributed by atoms with van der Waals surface area (Å²) in [5, 5.41) is 21.0. The predicted octanol–water partition coefficient (Wildman–Crippen LogP) is 2.84. The summed E-state index contributed by atoms with van der Waals surface area (Å²) in [6.07, 6.45) is 2.13. The molecule has 0 saturated heterocycles. The van der Waals surface area contributed by atoms with Crippen LogP contribution < -0.4 is 0 Å². The average Bonchev–Trinajstić information content (AvgIpc) is 3.16. The molecule has 1 aliphatic rings. The molecule has 0 aliphatic heterocycles. The number of carboxylic acid groups (broad SMARTS) is 1. The number of nitrogens with zero attached hydrogens (tertiary/aromatic N) is 4. The number of aromatic nitrogens is 4. The van der Waals surface area contributed by atoms with Gasteiger partial charge in [-0.25, -0.2) is 4.68 Å². The third kappa shape index (κ3) is 2.97.